The van der Waals surface area contributed by atoms with Gasteiger partial charge in [0.05, 0.1) is 21.1 Å². The van der Waals surface area contributed by atoms with Gasteiger partial charge < -0.3 is 19.4 Å². The van der Waals surface area contributed by atoms with Crippen LogP contribution in [0.5, 0.6) is 0 Å². The largest absolute Gasteiger partial charge is 0.472 e. The van der Waals surface area contributed by atoms with Crippen molar-refractivity contribution >= 4 is 13.9 Å². The van der Waals surface area contributed by atoms with Gasteiger partial charge in [-0.2, -0.15) is 0 Å². The van der Waals surface area contributed by atoms with Crippen LogP contribution in [0.1, 0.15) is 64.7 Å². The SMILES string of the molecule is CCCCCCCCCCC(COC(=O)NC)OP(=O)(O)OCC[N+](C)(C)C. The summed E-state index contributed by atoms with van der Waals surface area (Å²) < 4.78 is 28.2. The third-order valence-electron chi connectivity index (χ3n) is 4.28. The lowest BCUT2D eigenvalue weighted by molar-refractivity contribution is -0.870. The second-order valence-corrected chi connectivity index (χ2v) is 9.56. The first kappa shape index (κ1) is 27.3. The van der Waals surface area contributed by atoms with Gasteiger partial charge in [0.1, 0.15) is 25.9 Å². The Morgan fingerprint density at radius 1 is 1.07 bits per heavy atom. The molecule has 9 heteroatoms. The number of amides is 1. The second-order valence-electron chi connectivity index (χ2n) is 8.16. The van der Waals surface area contributed by atoms with E-state index in [0.29, 0.717) is 17.4 Å². The van der Waals surface area contributed by atoms with Gasteiger partial charge in [-0.1, -0.05) is 58.3 Å². The highest BCUT2D eigenvalue weighted by atomic mass is 31.2. The third-order valence-corrected chi connectivity index (χ3v) is 5.36. The quantitative estimate of drug-likeness (QED) is 0.207. The van der Waals surface area contributed by atoms with Gasteiger partial charge in [0.2, 0.25) is 0 Å². The zero-order valence-electron chi connectivity index (χ0n) is 18.4. The number of carbonyl (C=O) groups is 1. The monoisotopic (exact) mass is 425 g/mol. The van der Waals surface area contributed by atoms with Crippen molar-refractivity contribution in [1.82, 2.24) is 5.32 Å². The van der Waals surface area contributed by atoms with E-state index < -0.39 is 20.0 Å². The molecule has 2 N–H and O–H groups in total. The molecule has 8 nitrogen and oxygen atoms in total. The van der Waals surface area contributed by atoms with Crippen LogP contribution in [0, 0.1) is 0 Å². The highest BCUT2D eigenvalue weighted by Crippen LogP contribution is 2.45. The van der Waals surface area contributed by atoms with Crippen molar-refractivity contribution in [3.8, 4) is 0 Å². The Kier molecular flexibility index (Phi) is 14.9. The Labute approximate surface area is 171 Å². The number of nitrogens with zero attached hydrogens (tertiary/aromatic N) is 1. The minimum Gasteiger partial charge on any atom is -0.447 e. The highest BCUT2D eigenvalue weighted by molar-refractivity contribution is 7.47. The molecule has 28 heavy (non-hydrogen) atoms. The fourth-order valence-corrected chi connectivity index (χ4v) is 3.48. The summed E-state index contributed by atoms with van der Waals surface area (Å²) in [4.78, 5) is 21.3. The first-order chi connectivity index (χ1) is 13.1. The highest BCUT2D eigenvalue weighted by Gasteiger charge is 2.28. The summed E-state index contributed by atoms with van der Waals surface area (Å²) in [7, 11) is 3.16. The van der Waals surface area contributed by atoms with Gasteiger partial charge in [0.25, 0.3) is 0 Å². The van der Waals surface area contributed by atoms with Crippen LogP contribution >= 0.6 is 7.82 Å². The zero-order chi connectivity index (χ0) is 21.5. The smallest absolute Gasteiger partial charge is 0.447 e. The molecule has 0 aliphatic rings. The number of rotatable bonds is 17. The molecule has 2 unspecified atom stereocenters. The molecular formula is C19H42N2O6P+. The Morgan fingerprint density at radius 2 is 1.64 bits per heavy atom. The minimum atomic E-state index is -4.20. The van der Waals surface area contributed by atoms with Crippen molar-refractivity contribution in [2.45, 2.75) is 70.8 Å². The van der Waals surface area contributed by atoms with Crippen LogP contribution < -0.4 is 5.32 Å². The molecule has 0 radical (unpaired) electrons. The summed E-state index contributed by atoms with van der Waals surface area (Å²) in [5.41, 5.74) is 0. The van der Waals surface area contributed by atoms with E-state index in [2.05, 4.69) is 12.2 Å². The van der Waals surface area contributed by atoms with Crippen LogP contribution in [0.15, 0.2) is 0 Å². The Morgan fingerprint density at radius 3 is 2.18 bits per heavy atom. The van der Waals surface area contributed by atoms with Gasteiger partial charge >= 0.3 is 13.9 Å². The normalized spacial score (nSPS) is 15.1. The van der Waals surface area contributed by atoms with E-state index in [1.807, 2.05) is 21.1 Å². The van der Waals surface area contributed by atoms with Crippen LogP contribution in [0.3, 0.4) is 0 Å². The van der Waals surface area contributed by atoms with Crippen molar-refractivity contribution in [2.24, 2.45) is 0 Å². The molecule has 0 aromatic heterocycles. The van der Waals surface area contributed by atoms with E-state index >= 15 is 0 Å². The molecule has 0 spiro atoms. The topological polar surface area (TPSA) is 94.1 Å². The molecule has 168 valence electrons. The molecule has 0 rings (SSSR count). The lowest BCUT2D eigenvalue weighted by Gasteiger charge is -2.25. The maximum absolute atomic E-state index is 12.2. The van der Waals surface area contributed by atoms with E-state index in [4.69, 9.17) is 13.8 Å². The number of hydrogen-bond donors (Lipinski definition) is 2. The Hall–Kier alpha value is -0.660. The van der Waals surface area contributed by atoms with Crippen LogP contribution in [-0.4, -0.2) is 69.5 Å². The van der Waals surface area contributed by atoms with Crippen LogP contribution in [-0.2, 0) is 18.3 Å². The molecule has 2 atom stereocenters. The van der Waals surface area contributed by atoms with Crippen molar-refractivity contribution in [1.29, 1.82) is 0 Å². The zero-order valence-corrected chi connectivity index (χ0v) is 19.3. The number of quaternary nitrogens is 1. The predicted octanol–water partition coefficient (Wildman–Crippen LogP) is 4.08. The molecule has 0 aromatic carbocycles. The number of alkyl carbamates (subject to hydrolysis) is 1. The van der Waals surface area contributed by atoms with E-state index in [0.717, 1.165) is 19.3 Å². The number of carbonyl (C=O) groups excluding carboxylic acids is 1. The summed E-state index contributed by atoms with van der Waals surface area (Å²) in [6, 6.07) is 0. The van der Waals surface area contributed by atoms with Gasteiger partial charge in [0, 0.05) is 7.05 Å². The molecule has 0 saturated heterocycles. The molecule has 1 amide bonds. The summed E-state index contributed by atoms with van der Waals surface area (Å²) in [6.45, 7) is 2.80. The summed E-state index contributed by atoms with van der Waals surface area (Å²) >= 11 is 0. The number of phosphoric acid groups is 1. The van der Waals surface area contributed by atoms with E-state index in [1.165, 1.54) is 39.2 Å². The minimum absolute atomic E-state index is 0.0839. The number of nitrogens with one attached hydrogen (secondary N) is 1. The number of hydrogen-bond acceptors (Lipinski definition) is 5. The average Bonchev–Trinajstić information content (AvgIpc) is 2.59. The molecule has 0 aliphatic heterocycles. The summed E-state index contributed by atoms with van der Waals surface area (Å²) in [5.74, 6) is 0. The molecular weight excluding hydrogens is 383 g/mol. The number of phosphoric ester groups is 1. The van der Waals surface area contributed by atoms with Gasteiger partial charge in [-0.05, 0) is 6.42 Å². The van der Waals surface area contributed by atoms with Crippen LogP contribution in [0.2, 0.25) is 0 Å². The van der Waals surface area contributed by atoms with Crippen molar-refractivity contribution in [3.05, 3.63) is 0 Å². The number of unbranched alkanes of at least 4 members (excludes halogenated alkanes) is 7. The molecule has 0 heterocycles. The maximum atomic E-state index is 12.2. The van der Waals surface area contributed by atoms with Gasteiger partial charge in [-0.15, -0.1) is 0 Å². The van der Waals surface area contributed by atoms with E-state index in [1.54, 1.807) is 0 Å². The Bertz CT molecular complexity index is 456. The van der Waals surface area contributed by atoms with Crippen molar-refractivity contribution in [2.75, 3.05) is 47.9 Å². The maximum Gasteiger partial charge on any atom is 0.472 e. The van der Waals surface area contributed by atoms with Crippen molar-refractivity contribution in [3.63, 3.8) is 0 Å². The fraction of sp³-hybridized carbons (Fsp3) is 0.947. The molecule has 0 saturated carbocycles. The fourth-order valence-electron chi connectivity index (χ4n) is 2.56. The Balaban J connectivity index is 4.34. The first-order valence-electron chi connectivity index (χ1n) is 10.4. The number of ether oxygens (including phenoxy) is 1. The van der Waals surface area contributed by atoms with Gasteiger partial charge in [-0.3, -0.25) is 9.05 Å². The third kappa shape index (κ3) is 17.4. The predicted molar refractivity (Wildman–Crippen MR) is 111 cm³/mol. The second kappa shape index (κ2) is 15.2. The van der Waals surface area contributed by atoms with Crippen LogP contribution in [0.25, 0.3) is 0 Å². The van der Waals surface area contributed by atoms with Crippen LogP contribution in [0.4, 0.5) is 4.79 Å². The van der Waals surface area contributed by atoms with Crippen molar-refractivity contribution < 1.29 is 32.5 Å². The number of likely N-dealkylation sites (N-methyl/N-ethyl adjacent to an activating group) is 1. The molecule has 0 fully saturated rings. The average molecular weight is 426 g/mol. The van der Waals surface area contributed by atoms with Gasteiger partial charge in [-0.25, -0.2) is 9.36 Å². The lowest BCUT2D eigenvalue weighted by Crippen LogP contribution is -2.37. The first-order valence-corrected chi connectivity index (χ1v) is 11.9. The van der Waals surface area contributed by atoms with E-state index in [-0.39, 0.29) is 13.2 Å². The lowest BCUT2D eigenvalue weighted by atomic mass is 10.1. The molecule has 0 aromatic rings. The summed E-state index contributed by atoms with van der Waals surface area (Å²) in [5, 5.41) is 2.35. The van der Waals surface area contributed by atoms with E-state index in [9.17, 15) is 14.3 Å². The standard InChI is InChI=1S/C19H41N2O6P/c1-6-7-8-9-10-11-12-13-14-18(17-25-19(22)20-2)27-28(23,24)26-16-15-21(3,4)5/h18H,6-17H2,1-5H3,(H-,20,22,23,24)/p+1. The van der Waals surface area contributed by atoms with Gasteiger partial charge in [0.15, 0.2) is 0 Å². The molecule has 0 bridgehead atoms. The summed E-state index contributed by atoms with van der Waals surface area (Å²) in [6.07, 6.45) is 8.51. The molecule has 0 aliphatic carbocycles.